The van der Waals surface area contributed by atoms with Crippen LogP contribution in [0.3, 0.4) is 0 Å². The molecule has 2 saturated heterocycles. The topological polar surface area (TPSA) is 188 Å². The Balaban J connectivity index is 0.000000192. The molecule has 3 N–H and O–H groups in total. The molecule has 0 bridgehead atoms. The van der Waals surface area contributed by atoms with Gasteiger partial charge in [0.2, 0.25) is 22.9 Å². The number of likely N-dealkylation sites (tertiary alicyclic amines) is 1. The number of halogens is 3. The molecule has 0 spiro atoms. The fourth-order valence-electron chi connectivity index (χ4n) is 8.54. The number of hydrogen-bond acceptors (Lipinski definition) is 13. The first-order chi connectivity index (χ1) is 34.5. The number of methoxy groups -OCH3 is 2. The number of fused-ring (bicyclic) bond motifs is 4. The van der Waals surface area contributed by atoms with Gasteiger partial charge in [-0.2, -0.15) is 0 Å². The highest BCUT2D eigenvalue weighted by Crippen LogP contribution is 2.39. The lowest BCUT2D eigenvalue weighted by molar-refractivity contribution is -0.130. The Kier molecular flexibility index (Phi) is 17.2. The average molecular weight is 1030 g/mol. The van der Waals surface area contributed by atoms with Crippen molar-refractivity contribution in [3.05, 3.63) is 96.8 Å². The third-order valence-electron chi connectivity index (χ3n) is 12.2. The van der Waals surface area contributed by atoms with E-state index in [0.29, 0.717) is 89.9 Å². The summed E-state index contributed by atoms with van der Waals surface area (Å²) < 4.78 is 35.8. The number of H-pyrrole nitrogens is 2. The van der Waals surface area contributed by atoms with Gasteiger partial charge in [-0.1, -0.05) is 0 Å². The summed E-state index contributed by atoms with van der Waals surface area (Å²) in [7, 11) is 3.25. The monoisotopic (exact) mass is 1030 g/mol. The SMILES string of the molecule is COc1cc2c(Oc3ccc4cc(C)[nH]c4c3)ncnc2cc1OCC1CCN(C(=O)CCl)CC1.COc1cc2c(Oc3ccc4cc(C)[nH]c4c3)ncnc2cc1OCC1CCNCC1.O=C(Cl)CCl.[HH]. The lowest BCUT2D eigenvalue weighted by Gasteiger charge is -2.31. The van der Waals surface area contributed by atoms with Crippen LogP contribution in [0.5, 0.6) is 46.3 Å². The number of hydrogen-bond donors (Lipinski definition) is 3. The Morgan fingerprint density at radius 1 is 0.634 bits per heavy atom. The smallest absolute Gasteiger partial charge is 0.237 e. The molecule has 8 aromatic rings. The molecule has 4 aromatic heterocycles. The molecule has 71 heavy (non-hydrogen) atoms. The van der Waals surface area contributed by atoms with E-state index in [0.717, 1.165) is 88.3 Å². The first-order valence-electron chi connectivity index (χ1n) is 23.2. The number of carbonyl (C=O) groups is 2. The summed E-state index contributed by atoms with van der Waals surface area (Å²) in [6.45, 7) is 8.77. The number of carbonyl (C=O) groups excluding carboxylic acids is 2. The van der Waals surface area contributed by atoms with E-state index < -0.39 is 5.24 Å². The van der Waals surface area contributed by atoms with E-state index in [2.05, 4.69) is 47.4 Å². The molecule has 6 heterocycles. The first-order valence-corrected chi connectivity index (χ1v) is 24.7. The molecule has 2 aliphatic heterocycles. The van der Waals surface area contributed by atoms with Gasteiger partial charge in [-0.3, -0.25) is 9.59 Å². The van der Waals surface area contributed by atoms with Crippen molar-refractivity contribution >= 4 is 89.6 Å². The number of alkyl halides is 2. The minimum Gasteiger partial charge on any atom is -0.493 e. The predicted molar refractivity (Wildman–Crippen MR) is 279 cm³/mol. The van der Waals surface area contributed by atoms with Crippen LogP contribution in [0.2, 0.25) is 0 Å². The Bertz CT molecular complexity index is 3130. The minimum absolute atomic E-state index is 0. The molecule has 374 valence electrons. The van der Waals surface area contributed by atoms with Crippen LogP contribution in [0.25, 0.3) is 43.6 Å². The molecule has 4 aromatic carbocycles. The molecule has 0 unspecified atom stereocenters. The second-order valence-corrected chi connectivity index (χ2v) is 18.2. The molecule has 2 fully saturated rings. The molecule has 16 nitrogen and oxygen atoms in total. The van der Waals surface area contributed by atoms with Gasteiger partial charge in [0.15, 0.2) is 23.0 Å². The van der Waals surface area contributed by atoms with Gasteiger partial charge in [-0.25, -0.2) is 19.9 Å². The molecular formula is C52H57Cl3N8O8. The third kappa shape index (κ3) is 13.0. The van der Waals surface area contributed by atoms with Gasteiger partial charge in [0.25, 0.3) is 0 Å². The van der Waals surface area contributed by atoms with E-state index in [4.69, 9.17) is 63.2 Å². The standard InChI is InChI=1S/C26H27ClN4O4.C24H26N4O3.C2H2Cl2O.H2/c1-16-9-18-3-4-19(10-21(18)30-16)35-26-20-11-23(33-2)24(12-22(20)28-15-29-26)34-14-17-5-7-31(8-6-17)25(32)13-27;1-15-9-17-3-4-18(10-20(17)28-15)31-24-19-11-22(29-2)23(12-21(19)26-14-27-24)30-13-16-5-7-25-8-6-16;3-1-2(4)5;/h3-4,9-12,15,17,30H,5-8,13-14H2,1-2H3;3-4,9-12,14,16,25,28H,5-8,13H2,1-2H3;1H2;1H. The quantitative estimate of drug-likeness (QED) is 0.0690. The van der Waals surface area contributed by atoms with Gasteiger partial charge in [0.1, 0.15) is 30.0 Å². The maximum Gasteiger partial charge on any atom is 0.237 e. The predicted octanol–water partition coefficient (Wildman–Crippen LogP) is 10.9. The summed E-state index contributed by atoms with van der Waals surface area (Å²) in [6.07, 6.45) is 7.00. The lowest BCUT2D eigenvalue weighted by atomic mass is 9.98. The Labute approximate surface area is 427 Å². The van der Waals surface area contributed by atoms with E-state index in [1.807, 2.05) is 79.4 Å². The average Bonchev–Trinajstić information content (AvgIpc) is 3.97. The normalized spacial score (nSPS) is 14.1. The molecule has 0 saturated carbocycles. The number of amides is 1. The molecular weight excluding hydrogens is 971 g/mol. The number of aromatic amines is 2. The Morgan fingerprint density at radius 2 is 1.10 bits per heavy atom. The van der Waals surface area contributed by atoms with Crippen molar-refractivity contribution in [2.75, 3.05) is 65.4 Å². The van der Waals surface area contributed by atoms with Gasteiger partial charge in [0, 0.05) is 61.2 Å². The number of aromatic nitrogens is 6. The molecule has 0 aliphatic carbocycles. The van der Waals surface area contributed by atoms with E-state index >= 15 is 0 Å². The highest BCUT2D eigenvalue weighted by molar-refractivity contribution is 6.67. The number of nitrogens with one attached hydrogen (secondary N) is 3. The maximum atomic E-state index is 11.8. The highest BCUT2D eigenvalue weighted by atomic mass is 35.5. The summed E-state index contributed by atoms with van der Waals surface area (Å²) in [5.74, 6) is 5.69. The number of aryl methyl sites for hydroxylation is 2. The van der Waals surface area contributed by atoms with Gasteiger partial charge >= 0.3 is 0 Å². The van der Waals surface area contributed by atoms with Crippen molar-refractivity contribution in [1.82, 2.24) is 40.1 Å². The summed E-state index contributed by atoms with van der Waals surface area (Å²) in [4.78, 5) is 47.3. The summed E-state index contributed by atoms with van der Waals surface area (Å²) in [5.41, 5.74) is 5.69. The van der Waals surface area contributed by atoms with Gasteiger partial charge in [-0.05, 0) is 135 Å². The molecule has 2 aliphatic rings. The zero-order chi connectivity index (χ0) is 49.9. The second kappa shape index (κ2) is 24.0. The molecule has 0 atom stereocenters. The van der Waals surface area contributed by atoms with Gasteiger partial charge < -0.3 is 48.6 Å². The maximum absolute atomic E-state index is 11.8. The van der Waals surface area contributed by atoms with Crippen LogP contribution >= 0.6 is 34.8 Å². The number of piperidine rings is 2. The number of ether oxygens (including phenoxy) is 6. The van der Waals surface area contributed by atoms with Crippen LogP contribution in [-0.4, -0.2) is 111 Å². The zero-order valence-corrected chi connectivity index (χ0v) is 42.1. The number of rotatable bonds is 14. The Hall–Kier alpha value is -6.59. The molecule has 10 rings (SSSR count). The fourth-order valence-corrected chi connectivity index (χ4v) is 8.71. The lowest BCUT2D eigenvalue weighted by Crippen LogP contribution is -2.40. The van der Waals surface area contributed by atoms with E-state index in [1.54, 1.807) is 14.2 Å². The summed E-state index contributed by atoms with van der Waals surface area (Å²) >= 11 is 15.2. The van der Waals surface area contributed by atoms with Crippen molar-refractivity contribution < 1.29 is 39.4 Å². The van der Waals surface area contributed by atoms with Crippen LogP contribution in [-0.2, 0) is 9.59 Å². The van der Waals surface area contributed by atoms with Crippen LogP contribution in [0.4, 0.5) is 0 Å². The van der Waals surface area contributed by atoms with Crippen molar-refractivity contribution in [3.63, 3.8) is 0 Å². The van der Waals surface area contributed by atoms with Gasteiger partial charge in [-0.15, -0.1) is 23.2 Å². The Morgan fingerprint density at radius 3 is 1.54 bits per heavy atom. The highest BCUT2D eigenvalue weighted by Gasteiger charge is 2.24. The van der Waals surface area contributed by atoms with Crippen LogP contribution < -0.4 is 33.7 Å². The van der Waals surface area contributed by atoms with Gasteiger partial charge in [0.05, 0.1) is 55.1 Å². The van der Waals surface area contributed by atoms with E-state index in [-0.39, 0.29) is 19.1 Å². The minimum atomic E-state index is -0.508. The third-order valence-corrected chi connectivity index (χ3v) is 13.0. The van der Waals surface area contributed by atoms with Crippen molar-refractivity contribution in [2.24, 2.45) is 11.8 Å². The molecule has 0 radical (unpaired) electrons. The van der Waals surface area contributed by atoms with Crippen molar-refractivity contribution in [1.29, 1.82) is 0 Å². The molecule has 19 heteroatoms. The zero-order valence-electron chi connectivity index (χ0n) is 39.9. The summed E-state index contributed by atoms with van der Waals surface area (Å²) in [6, 6.07) is 23.5. The van der Waals surface area contributed by atoms with Crippen molar-refractivity contribution in [3.8, 4) is 46.3 Å². The van der Waals surface area contributed by atoms with Crippen LogP contribution in [0.1, 0.15) is 38.5 Å². The number of benzene rings is 4. The van der Waals surface area contributed by atoms with Crippen LogP contribution in [0.15, 0.2) is 85.5 Å². The van der Waals surface area contributed by atoms with Crippen LogP contribution in [0, 0.1) is 25.7 Å². The second-order valence-electron chi connectivity index (χ2n) is 17.3. The number of nitrogens with zero attached hydrogens (tertiary/aromatic N) is 5. The fraction of sp³-hybridized carbons (Fsp3) is 0.346. The van der Waals surface area contributed by atoms with Crippen molar-refractivity contribution in [2.45, 2.75) is 39.5 Å². The largest absolute Gasteiger partial charge is 0.493 e. The van der Waals surface area contributed by atoms with E-state index in [9.17, 15) is 9.59 Å². The first kappa shape index (κ1) is 50.8. The molecule has 1 amide bonds. The summed E-state index contributed by atoms with van der Waals surface area (Å²) in [5, 5.41) is 6.65. The van der Waals surface area contributed by atoms with E-state index in [1.165, 1.54) is 12.7 Å².